The van der Waals surface area contributed by atoms with Crippen LogP contribution in [0.2, 0.25) is 0 Å². The first kappa shape index (κ1) is 18.1. The Hall–Kier alpha value is -3.99. The lowest BCUT2D eigenvalue weighted by Gasteiger charge is -2.12. The molecule has 5 nitrogen and oxygen atoms in total. The topological polar surface area (TPSA) is 79.3 Å². The van der Waals surface area contributed by atoms with Gasteiger partial charge in [0.1, 0.15) is 5.76 Å². The molecule has 5 heteroatoms. The fourth-order valence-corrected chi connectivity index (χ4v) is 4.11. The van der Waals surface area contributed by atoms with E-state index in [-0.39, 0.29) is 16.4 Å². The van der Waals surface area contributed by atoms with Gasteiger partial charge in [-0.15, -0.1) is 0 Å². The third kappa shape index (κ3) is 2.59. The van der Waals surface area contributed by atoms with Gasteiger partial charge in [-0.05, 0) is 43.5 Å². The summed E-state index contributed by atoms with van der Waals surface area (Å²) in [5.41, 5.74) is 2.41. The van der Waals surface area contributed by atoms with Crippen molar-refractivity contribution < 1.29 is 5.11 Å². The Morgan fingerprint density at radius 2 is 1.60 bits per heavy atom. The van der Waals surface area contributed by atoms with E-state index in [1.54, 1.807) is 30.3 Å². The van der Waals surface area contributed by atoms with Gasteiger partial charge in [-0.25, -0.2) is 4.98 Å². The second-order valence-electron chi connectivity index (χ2n) is 7.50. The normalized spacial score (nSPS) is 12.6. The van der Waals surface area contributed by atoms with Crippen molar-refractivity contribution in [1.29, 1.82) is 0 Å². The highest BCUT2D eigenvalue weighted by atomic mass is 16.3. The smallest absolute Gasteiger partial charge is 0.281 e. The molecule has 1 aliphatic carbocycles. The van der Waals surface area contributed by atoms with Gasteiger partial charge >= 0.3 is 0 Å². The van der Waals surface area contributed by atoms with Crippen molar-refractivity contribution in [2.24, 2.45) is 0 Å². The zero-order valence-corrected chi connectivity index (χ0v) is 16.5. The highest BCUT2D eigenvalue weighted by Crippen LogP contribution is 2.26. The van der Waals surface area contributed by atoms with E-state index in [4.69, 9.17) is 0 Å². The van der Waals surface area contributed by atoms with Crippen molar-refractivity contribution >= 4 is 38.8 Å². The van der Waals surface area contributed by atoms with Crippen molar-refractivity contribution in [3.8, 4) is 0 Å². The molecule has 0 spiro atoms. The molecule has 0 bridgehead atoms. The summed E-state index contributed by atoms with van der Waals surface area (Å²) < 4.78 is 0. The van der Waals surface area contributed by atoms with Crippen LogP contribution in [0.15, 0.2) is 70.3 Å². The number of nitrogens with zero attached hydrogens (tertiary/aromatic N) is 1. The minimum absolute atomic E-state index is 0.114. The van der Waals surface area contributed by atoms with E-state index in [1.165, 1.54) is 6.92 Å². The van der Waals surface area contributed by atoms with Crippen LogP contribution in [0.3, 0.4) is 0 Å². The zero-order valence-electron chi connectivity index (χ0n) is 16.5. The maximum absolute atomic E-state index is 13.5. The molecule has 0 fully saturated rings. The standard InChI is InChI=1S/C25H18N2O3/c1-13-7-9-15(10-8-13)26-19-12-11-18-22-21(20(14(2)28)25(30)27-18)16-5-3-4-6-17(16)24(29)23(19)22/h3-12,26,28H,1-2H3/b20-14+. The van der Waals surface area contributed by atoms with E-state index in [1.807, 2.05) is 37.3 Å². The lowest BCUT2D eigenvalue weighted by Crippen LogP contribution is -2.32. The molecule has 3 aromatic rings. The van der Waals surface area contributed by atoms with Crippen molar-refractivity contribution in [3.63, 3.8) is 0 Å². The SMILES string of the molecule is C/C(O)=c1\c(=O)nc2ccc(Nc3ccc(C)cc3)c3c2=c1c1ccccc1c3=O. The highest BCUT2D eigenvalue weighted by Gasteiger charge is 2.16. The van der Waals surface area contributed by atoms with Gasteiger partial charge in [0.25, 0.3) is 5.56 Å². The first-order valence-corrected chi connectivity index (χ1v) is 9.64. The number of benzene rings is 3. The molecule has 0 atom stereocenters. The molecule has 0 saturated carbocycles. The van der Waals surface area contributed by atoms with Crippen LogP contribution in [-0.2, 0) is 0 Å². The zero-order chi connectivity index (χ0) is 21.0. The summed E-state index contributed by atoms with van der Waals surface area (Å²) in [4.78, 5) is 30.4. The summed E-state index contributed by atoms with van der Waals surface area (Å²) in [6.45, 7) is 3.48. The predicted molar refractivity (Wildman–Crippen MR) is 120 cm³/mol. The van der Waals surface area contributed by atoms with Crippen LogP contribution in [0.5, 0.6) is 0 Å². The van der Waals surface area contributed by atoms with Crippen LogP contribution < -0.4 is 21.5 Å². The van der Waals surface area contributed by atoms with Crippen LogP contribution in [-0.4, -0.2) is 10.1 Å². The molecule has 0 aromatic heterocycles. The number of anilines is 2. The number of aromatic nitrogens is 1. The molecule has 5 rings (SSSR count). The lowest BCUT2D eigenvalue weighted by atomic mass is 9.97. The maximum Gasteiger partial charge on any atom is 0.281 e. The van der Waals surface area contributed by atoms with Crippen molar-refractivity contribution in [3.05, 3.63) is 102 Å². The number of aryl methyl sites for hydroxylation is 1. The molecule has 1 heterocycles. The molecule has 0 radical (unpaired) electrons. The Balaban J connectivity index is 2.06. The molecule has 146 valence electrons. The van der Waals surface area contributed by atoms with Gasteiger partial charge in [-0.1, -0.05) is 42.0 Å². The van der Waals surface area contributed by atoms with Crippen LogP contribution in [0.4, 0.5) is 11.4 Å². The first-order valence-electron chi connectivity index (χ1n) is 9.64. The Morgan fingerprint density at radius 1 is 0.900 bits per heavy atom. The van der Waals surface area contributed by atoms with Crippen molar-refractivity contribution in [1.82, 2.24) is 4.98 Å². The van der Waals surface area contributed by atoms with Crippen LogP contribution in [0.25, 0.3) is 27.4 Å². The van der Waals surface area contributed by atoms with Gasteiger partial charge in [-0.2, -0.15) is 0 Å². The highest BCUT2D eigenvalue weighted by molar-refractivity contribution is 5.95. The number of nitrogens with one attached hydrogen (secondary N) is 1. The van der Waals surface area contributed by atoms with Gasteiger partial charge in [0.15, 0.2) is 5.43 Å². The molecule has 3 aromatic carbocycles. The molecule has 2 aliphatic rings. The fourth-order valence-electron chi connectivity index (χ4n) is 4.11. The molecular formula is C25H18N2O3. The quantitative estimate of drug-likeness (QED) is 0.477. The molecular weight excluding hydrogens is 376 g/mol. The summed E-state index contributed by atoms with van der Waals surface area (Å²) in [5.74, 6) is -0.114. The number of hydrogen-bond donors (Lipinski definition) is 2. The van der Waals surface area contributed by atoms with Gasteiger partial charge in [0.05, 0.1) is 21.8 Å². The van der Waals surface area contributed by atoms with E-state index in [2.05, 4.69) is 10.3 Å². The number of aliphatic hydroxyl groups is 1. The molecule has 1 aliphatic heterocycles. The molecule has 0 saturated heterocycles. The van der Waals surface area contributed by atoms with Gasteiger partial charge in [0.2, 0.25) is 0 Å². The summed E-state index contributed by atoms with van der Waals surface area (Å²) in [6, 6.07) is 18.5. The second-order valence-corrected chi connectivity index (χ2v) is 7.50. The molecule has 2 N–H and O–H groups in total. The Bertz CT molecular complexity index is 1670. The summed E-state index contributed by atoms with van der Waals surface area (Å²) >= 11 is 0. The average Bonchev–Trinajstić information content (AvgIpc) is 2.73. The van der Waals surface area contributed by atoms with E-state index < -0.39 is 5.56 Å². The van der Waals surface area contributed by atoms with Gasteiger partial charge in [-0.3, -0.25) is 9.59 Å². The maximum atomic E-state index is 13.5. The first-order chi connectivity index (χ1) is 14.5. The van der Waals surface area contributed by atoms with E-state index in [9.17, 15) is 14.7 Å². The van der Waals surface area contributed by atoms with E-state index in [0.717, 1.165) is 11.3 Å². The van der Waals surface area contributed by atoms with E-state index >= 15 is 0 Å². The number of fused-ring (bicyclic) bond motifs is 2. The third-order valence-electron chi connectivity index (χ3n) is 5.48. The lowest BCUT2D eigenvalue weighted by molar-refractivity contribution is 0.498. The monoisotopic (exact) mass is 394 g/mol. The number of aliphatic hydroxyl groups excluding tert-OH is 1. The summed E-state index contributed by atoms with van der Waals surface area (Å²) in [5, 5.41) is 16.5. The van der Waals surface area contributed by atoms with Crippen LogP contribution in [0.1, 0.15) is 12.5 Å². The van der Waals surface area contributed by atoms with Gasteiger partial charge in [0, 0.05) is 21.5 Å². The Labute approximate surface area is 170 Å². The fraction of sp³-hybridized carbons (Fsp3) is 0.0800. The number of rotatable bonds is 2. The predicted octanol–water partition coefficient (Wildman–Crippen LogP) is 3.73. The minimum atomic E-state index is -0.508. The van der Waals surface area contributed by atoms with Crippen molar-refractivity contribution in [2.75, 3.05) is 5.32 Å². The summed E-state index contributed by atoms with van der Waals surface area (Å²) in [7, 11) is 0. The van der Waals surface area contributed by atoms with Crippen molar-refractivity contribution in [2.45, 2.75) is 13.8 Å². The second kappa shape index (κ2) is 6.52. The Kier molecular flexibility index (Phi) is 3.93. The largest absolute Gasteiger partial charge is 0.512 e. The summed E-state index contributed by atoms with van der Waals surface area (Å²) in [6.07, 6.45) is 0. The average molecular weight is 394 g/mol. The van der Waals surface area contributed by atoms with E-state index in [0.29, 0.717) is 37.8 Å². The minimum Gasteiger partial charge on any atom is -0.512 e. The van der Waals surface area contributed by atoms with Crippen LogP contribution >= 0.6 is 0 Å². The third-order valence-corrected chi connectivity index (χ3v) is 5.48. The van der Waals surface area contributed by atoms with Gasteiger partial charge < -0.3 is 10.4 Å². The molecule has 0 amide bonds. The number of hydrogen-bond acceptors (Lipinski definition) is 5. The molecule has 0 unspecified atom stereocenters. The molecule has 30 heavy (non-hydrogen) atoms. The van der Waals surface area contributed by atoms with Crippen LogP contribution in [0, 0.1) is 17.4 Å². The Morgan fingerprint density at radius 3 is 2.30 bits per heavy atom.